The Balaban J connectivity index is 1.31. The van der Waals surface area contributed by atoms with Crippen LogP contribution >= 0.6 is 11.3 Å². The molecular formula is C41H24N2OS. The summed E-state index contributed by atoms with van der Waals surface area (Å²) in [5.41, 5.74) is 8.14. The molecule has 4 heterocycles. The smallest absolute Gasteiger partial charge is 0.144 e. The van der Waals surface area contributed by atoms with Gasteiger partial charge in [0.05, 0.1) is 16.7 Å². The number of hydrogen-bond donors (Lipinski definition) is 0. The SMILES string of the molecule is c1ccc(-c2cc(-c3cccc4c3oc3ccccc34)nc(-n3c4ccccc4c4cc5sc6ccccc6c5cc43)c2)cc1. The molecule has 0 N–H and O–H groups in total. The third-order valence-electron chi connectivity index (χ3n) is 9.00. The predicted octanol–water partition coefficient (Wildman–Crippen LogP) is 11.8. The zero-order chi connectivity index (χ0) is 29.5. The summed E-state index contributed by atoms with van der Waals surface area (Å²) in [6.45, 7) is 0. The standard InChI is InChI=1S/C41H24N2OS/c1-2-11-25(12-3-1)26-21-34(31-17-10-16-30-28-14-5-8-19-37(28)44-41(30)31)42-40(22-26)43-35-18-7-4-13-27(35)32-24-39-33(23-36(32)43)29-15-6-9-20-38(29)45-39/h1-24H. The van der Waals surface area contributed by atoms with Gasteiger partial charge >= 0.3 is 0 Å². The van der Waals surface area contributed by atoms with E-state index in [0.29, 0.717) is 0 Å². The van der Waals surface area contributed by atoms with Crippen LogP contribution in [0.5, 0.6) is 0 Å². The van der Waals surface area contributed by atoms with Crippen molar-refractivity contribution in [3.8, 4) is 28.2 Å². The van der Waals surface area contributed by atoms with E-state index in [-0.39, 0.29) is 0 Å². The molecular weight excluding hydrogens is 569 g/mol. The van der Waals surface area contributed by atoms with Crippen LogP contribution < -0.4 is 0 Å². The van der Waals surface area contributed by atoms with Gasteiger partial charge in [-0.2, -0.15) is 0 Å². The summed E-state index contributed by atoms with van der Waals surface area (Å²) in [6.07, 6.45) is 0. The average molecular weight is 593 g/mol. The lowest BCUT2D eigenvalue weighted by atomic mass is 10.0. The number of fused-ring (bicyclic) bond motifs is 9. The molecule has 0 amide bonds. The number of rotatable bonds is 3. The first-order valence-corrected chi connectivity index (χ1v) is 15.9. The van der Waals surface area contributed by atoms with E-state index >= 15 is 0 Å². The first-order valence-electron chi connectivity index (χ1n) is 15.1. The first kappa shape index (κ1) is 24.7. The molecule has 0 bridgehead atoms. The van der Waals surface area contributed by atoms with Crippen molar-refractivity contribution in [1.82, 2.24) is 9.55 Å². The minimum atomic E-state index is 0.857. The molecule has 0 radical (unpaired) electrons. The molecule has 0 spiro atoms. The number of para-hydroxylation sites is 3. The van der Waals surface area contributed by atoms with Crippen LogP contribution in [0.15, 0.2) is 150 Å². The molecule has 0 saturated heterocycles. The summed E-state index contributed by atoms with van der Waals surface area (Å²) in [5, 5.41) is 7.23. The van der Waals surface area contributed by atoms with Crippen LogP contribution in [-0.2, 0) is 0 Å². The van der Waals surface area contributed by atoms with E-state index in [4.69, 9.17) is 9.40 Å². The molecule has 4 aromatic heterocycles. The Morgan fingerprint density at radius 2 is 1.24 bits per heavy atom. The summed E-state index contributed by atoms with van der Waals surface area (Å²) in [6, 6.07) is 51.7. The van der Waals surface area contributed by atoms with Crippen molar-refractivity contribution >= 4 is 75.3 Å². The number of benzene rings is 6. The number of nitrogens with zero attached hydrogens (tertiary/aromatic N) is 2. The zero-order valence-corrected chi connectivity index (χ0v) is 24.9. The minimum Gasteiger partial charge on any atom is -0.455 e. The molecule has 0 atom stereocenters. The Hall–Kier alpha value is -5.71. The first-order chi connectivity index (χ1) is 22.3. The molecule has 0 aliphatic carbocycles. The van der Waals surface area contributed by atoms with Crippen LogP contribution in [0.4, 0.5) is 0 Å². The molecule has 6 aromatic carbocycles. The third kappa shape index (κ3) is 3.67. The highest BCUT2D eigenvalue weighted by Crippen LogP contribution is 2.42. The maximum atomic E-state index is 6.49. The Morgan fingerprint density at radius 3 is 2.16 bits per heavy atom. The normalized spacial score (nSPS) is 12.0. The molecule has 0 aliphatic heterocycles. The summed E-state index contributed by atoms with van der Waals surface area (Å²) < 4.78 is 11.4. The zero-order valence-electron chi connectivity index (χ0n) is 24.1. The summed E-state index contributed by atoms with van der Waals surface area (Å²) in [7, 11) is 0. The maximum Gasteiger partial charge on any atom is 0.144 e. The van der Waals surface area contributed by atoms with Gasteiger partial charge < -0.3 is 4.42 Å². The molecule has 4 heteroatoms. The van der Waals surface area contributed by atoms with Gasteiger partial charge in [0.15, 0.2) is 0 Å². The van der Waals surface area contributed by atoms with Crippen molar-refractivity contribution in [1.29, 1.82) is 0 Å². The second-order valence-electron chi connectivity index (χ2n) is 11.6. The lowest BCUT2D eigenvalue weighted by Crippen LogP contribution is -2.00. The van der Waals surface area contributed by atoms with Crippen molar-refractivity contribution in [2.24, 2.45) is 0 Å². The molecule has 0 fully saturated rings. The highest BCUT2D eigenvalue weighted by atomic mass is 32.1. The van der Waals surface area contributed by atoms with E-state index in [9.17, 15) is 0 Å². The van der Waals surface area contributed by atoms with Crippen molar-refractivity contribution < 1.29 is 4.42 Å². The van der Waals surface area contributed by atoms with Gasteiger partial charge in [-0.25, -0.2) is 4.98 Å². The second kappa shape index (κ2) is 9.39. The average Bonchev–Trinajstić information content (AvgIpc) is 3.76. The van der Waals surface area contributed by atoms with E-state index in [1.165, 1.54) is 30.9 Å². The van der Waals surface area contributed by atoms with Crippen LogP contribution in [0.2, 0.25) is 0 Å². The molecule has 10 aromatic rings. The van der Waals surface area contributed by atoms with Gasteiger partial charge in [-0.1, -0.05) is 97.1 Å². The van der Waals surface area contributed by atoms with E-state index in [2.05, 4.69) is 138 Å². The number of aromatic nitrogens is 2. The van der Waals surface area contributed by atoms with Crippen LogP contribution in [0.1, 0.15) is 0 Å². The third-order valence-corrected chi connectivity index (χ3v) is 10.1. The Labute approximate surface area is 262 Å². The van der Waals surface area contributed by atoms with E-state index in [0.717, 1.165) is 61.2 Å². The quantitative estimate of drug-likeness (QED) is 0.204. The molecule has 3 nitrogen and oxygen atoms in total. The number of furan rings is 1. The van der Waals surface area contributed by atoms with Crippen LogP contribution in [0.3, 0.4) is 0 Å². The number of pyridine rings is 1. The van der Waals surface area contributed by atoms with Gasteiger partial charge in [0, 0.05) is 47.3 Å². The second-order valence-corrected chi connectivity index (χ2v) is 12.6. The monoisotopic (exact) mass is 592 g/mol. The Kier molecular flexibility index (Phi) is 5.16. The topological polar surface area (TPSA) is 31.0 Å². The Bertz CT molecular complexity index is 2770. The molecule has 45 heavy (non-hydrogen) atoms. The Morgan fingerprint density at radius 1 is 0.489 bits per heavy atom. The van der Waals surface area contributed by atoms with Crippen molar-refractivity contribution in [2.75, 3.05) is 0 Å². The van der Waals surface area contributed by atoms with Crippen LogP contribution in [0, 0.1) is 0 Å². The highest BCUT2D eigenvalue weighted by molar-refractivity contribution is 7.25. The molecule has 0 saturated carbocycles. The van der Waals surface area contributed by atoms with Crippen molar-refractivity contribution in [3.05, 3.63) is 146 Å². The maximum absolute atomic E-state index is 6.49. The van der Waals surface area contributed by atoms with Gasteiger partial charge in [0.1, 0.15) is 17.0 Å². The highest BCUT2D eigenvalue weighted by Gasteiger charge is 2.19. The largest absolute Gasteiger partial charge is 0.455 e. The fourth-order valence-electron chi connectivity index (χ4n) is 6.95. The fraction of sp³-hybridized carbons (Fsp3) is 0. The van der Waals surface area contributed by atoms with Gasteiger partial charge in [-0.3, -0.25) is 4.57 Å². The van der Waals surface area contributed by atoms with Crippen molar-refractivity contribution in [2.45, 2.75) is 0 Å². The predicted molar refractivity (Wildman–Crippen MR) is 190 cm³/mol. The minimum absolute atomic E-state index is 0.857. The fourth-order valence-corrected chi connectivity index (χ4v) is 8.08. The van der Waals surface area contributed by atoms with E-state index in [1.54, 1.807) is 0 Å². The van der Waals surface area contributed by atoms with Gasteiger partial charge in [0.25, 0.3) is 0 Å². The van der Waals surface area contributed by atoms with Crippen molar-refractivity contribution in [3.63, 3.8) is 0 Å². The number of hydrogen-bond acceptors (Lipinski definition) is 3. The lowest BCUT2D eigenvalue weighted by molar-refractivity contribution is 0.670. The van der Waals surface area contributed by atoms with Gasteiger partial charge in [-0.15, -0.1) is 11.3 Å². The summed E-state index contributed by atoms with van der Waals surface area (Å²) >= 11 is 1.86. The molecule has 0 unspecified atom stereocenters. The molecule has 210 valence electrons. The number of thiophene rings is 1. The van der Waals surface area contributed by atoms with E-state index in [1.807, 2.05) is 23.5 Å². The molecule has 0 aliphatic rings. The molecule has 10 rings (SSSR count). The van der Waals surface area contributed by atoms with Gasteiger partial charge in [0.2, 0.25) is 0 Å². The van der Waals surface area contributed by atoms with Gasteiger partial charge in [-0.05, 0) is 59.7 Å². The summed E-state index contributed by atoms with van der Waals surface area (Å²) in [4.78, 5) is 5.43. The summed E-state index contributed by atoms with van der Waals surface area (Å²) in [5.74, 6) is 0.879. The van der Waals surface area contributed by atoms with Crippen LogP contribution in [0.25, 0.3) is 92.1 Å². The lowest BCUT2D eigenvalue weighted by Gasteiger charge is -2.13. The van der Waals surface area contributed by atoms with Crippen LogP contribution in [-0.4, -0.2) is 9.55 Å². The van der Waals surface area contributed by atoms with E-state index < -0.39 is 0 Å².